The number of carbonyl (C=O) groups excluding carboxylic acids is 2. The summed E-state index contributed by atoms with van der Waals surface area (Å²) in [6.07, 6.45) is 1.80. The van der Waals surface area contributed by atoms with Gasteiger partial charge in [0.05, 0.1) is 17.0 Å². The van der Waals surface area contributed by atoms with E-state index in [1.54, 1.807) is 6.07 Å². The summed E-state index contributed by atoms with van der Waals surface area (Å²) in [6, 6.07) is 1.74. The smallest absolute Gasteiger partial charge is 0.253 e. The standard InChI is InChI=1S/C13H18N4O2/c1-3-11-10(6-8(2)16-17-11)13(19)15-9-4-5-12(18)14-7-9/h6,9H,3-5,7H2,1-2H3,(H,14,18)(H,15,19). The van der Waals surface area contributed by atoms with Crippen LogP contribution in [0.3, 0.4) is 0 Å². The van der Waals surface area contributed by atoms with Crippen LogP contribution in [0.25, 0.3) is 0 Å². The van der Waals surface area contributed by atoms with Crippen molar-refractivity contribution in [2.75, 3.05) is 6.54 Å². The molecule has 0 radical (unpaired) electrons. The minimum absolute atomic E-state index is 0.0108. The van der Waals surface area contributed by atoms with Gasteiger partial charge in [-0.3, -0.25) is 9.59 Å². The molecule has 0 aliphatic carbocycles. The van der Waals surface area contributed by atoms with Crippen molar-refractivity contribution in [1.82, 2.24) is 20.8 Å². The fraction of sp³-hybridized carbons (Fsp3) is 0.538. The molecule has 1 aromatic heterocycles. The van der Waals surface area contributed by atoms with Crippen molar-refractivity contribution in [2.45, 2.75) is 39.2 Å². The summed E-state index contributed by atoms with van der Waals surface area (Å²) in [7, 11) is 0. The van der Waals surface area contributed by atoms with E-state index >= 15 is 0 Å². The third-order valence-electron chi connectivity index (χ3n) is 3.17. The Balaban J connectivity index is 2.07. The highest BCUT2D eigenvalue weighted by Crippen LogP contribution is 2.09. The quantitative estimate of drug-likeness (QED) is 0.823. The van der Waals surface area contributed by atoms with Crippen LogP contribution in [0, 0.1) is 6.92 Å². The number of hydrogen-bond donors (Lipinski definition) is 2. The van der Waals surface area contributed by atoms with Gasteiger partial charge < -0.3 is 10.6 Å². The summed E-state index contributed by atoms with van der Waals surface area (Å²) in [5, 5.41) is 13.7. The summed E-state index contributed by atoms with van der Waals surface area (Å²) in [5.74, 6) is -0.0998. The second kappa shape index (κ2) is 5.77. The average Bonchev–Trinajstić information content (AvgIpc) is 2.41. The summed E-state index contributed by atoms with van der Waals surface area (Å²) in [6.45, 7) is 4.24. The van der Waals surface area contributed by atoms with Crippen LogP contribution in [0.1, 0.15) is 41.5 Å². The first-order chi connectivity index (χ1) is 9.10. The fourth-order valence-electron chi connectivity index (χ4n) is 2.09. The van der Waals surface area contributed by atoms with Gasteiger partial charge in [0.1, 0.15) is 0 Å². The maximum atomic E-state index is 12.2. The lowest BCUT2D eigenvalue weighted by molar-refractivity contribution is -0.122. The Bertz CT molecular complexity index is 491. The minimum atomic E-state index is -0.143. The van der Waals surface area contributed by atoms with Crippen LogP contribution in [0.4, 0.5) is 0 Å². The second-order valence-corrected chi connectivity index (χ2v) is 4.71. The molecule has 1 unspecified atom stereocenters. The number of amides is 2. The molecule has 1 aromatic rings. The van der Waals surface area contributed by atoms with Gasteiger partial charge in [0.15, 0.2) is 0 Å². The molecular weight excluding hydrogens is 244 g/mol. The molecular formula is C13H18N4O2. The van der Waals surface area contributed by atoms with E-state index in [9.17, 15) is 9.59 Å². The van der Waals surface area contributed by atoms with E-state index < -0.39 is 0 Å². The number of nitrogens with zero attached hydrogens (tertiary/aromatic N) is 2. The van der Waals surface area contributed by atoms with Gasteiger partial charge in [-0.25, -0.2) is 0 Å². The van der Waals surface area contributed by atoms with Crippen molar-refractivity contribution in [3.8, 4) is 0 Å². The highest BCUT2D eigenvalue weighted by Gasteiger charge is 2.21. The van der Waals surface area contributed by atoms with E-state index in [1.165, 1.54) is 0 Å². The zero-order valence-electron chi connectivity index (χ0n) is 11.2. The molecule has 2 rings (SSSR count). The van der Waals surface area contributed by atoms with E-state index in [2.05, 4.69) is 20.8 Å². The Morgan fingerprint density at radius 2 is 2.32 bits per heavy atom. The monoisotopic (exact) mass is 262 g/mol. The highest BCUT2D eigenvalue weighted by atomic mass is 16.2. The Hall–Kier alpha value is -1.98. The van der Waals surface area contributed by atoms with E-state index in [-0.39, 0.29) is 17.9 Å². The molecule has 1 fully saturated rings. The molecule has 0 saturated carbocycles. The van der Waals surface area contributed by atoms with Gasteiger partial charge in [-0.1, -0.05) is 6.92 Å². The van der Waals surface area contributed by atoms with Crippen molar-refractivity contribution in [2.24, 2.45) is 0 Å². The van der Waals surface area contributed by atoms with Gasteiger partial charge in [0.25, 0.3) is 5.91 Å². The SMILES string of the molecule is CCc1nnc(C)cc1C(=O)NC1CCC(=O)NC1. The van der Waals surface area contributed by atoms with Crippen molar-refractivity contribution in [1.29, 1.82) is 0 Å². The van der Waals surface area contributed by atoms with Crippen LogP contribution >= 0.6 is 0 Å². The molecule has 19 heavy (non-hydrogen) atoms. The fourth-order valence-corrected chi connectivity index (χ4v) is 2.09. The zero-order valence-corrected chi connectivity index (χ0v) is 11.2. The first kappa shape index (κ1) is 13.5. The Morgan fingerprint density at radius 3 is 2.95 bits per heavy atom. The van der Waals surface area contributed by atoms with Gasteiger partial charge >= 0.3 is 0 Å². The molecule has 2 N–H and O–H groups in total. The van der Waals surface area contributed by atoms with Crippen LogP contribution in [-0.2, 0) is 11.2 Å². The predicted molar refractivity (Wildman–Crippen MR) is 69.6 cm³/mol. The summed E-state index contributed by atoms with van der Waals surface area (Å²) in [4.78, 5) is 23.3. The summed E-state index contributed by atoms with van der Waals surface area (Å²) < 4.78 is 0. The minimum Gasteiger partial charge on any atom is -0.354 e. The zero-order chi connectivity index (χ0) is 13.8. The average molecular weight is 262 g/mol. The number of nitrogens with one attached hydrogen (secondary N) is 2. The van der Waals surface area contributed by atoms with Crippen LogP contribution < -0.4 is 10.6 Å². The topological polar surface area (TPSA) is 84.0 Å². The molecule has 6 nitrogen and oxygen atoms in total. The van der Waals surface area contributed by atoms with Gasteiger partial charge in [-0.05, 0) is 25.8 Å². The normalized spacial score (nSPS) is 18.8. The molecule has 1 aliphatic heterocycles. The third-order valence-corrected chi connectivity index (χ3v) is 3.17. The molecule has 1 saturated heterocycles. The Kier molecular flexibility index (Phi) is 4.09. The molecule has 2 amide bonds. The van der Waals surface area contributed by atoms with E-state index in [0.29, 0.717) is 37.1 Å². The van der Waals surface area contributed by atoms with Crippen LogP contribution in [0.5, 0.6) is 0 Å². The lowest BCUT2D eigenvalue weighted by atomic mass is 10.1. The summed E-state index contributed by atoms with van der Waals surface area (Å²) in [5.41, 5.74) is 1.99. The molecule has 0 bridgehead atoms. The lowest BCUT2D eigenvalue weighted by Gasteiger charge is -2.23. The summed E-state index contributed by atoms with van der Waals surface area (Å²) >= 11 is 0. The van der Waals surface area contributed by atoms with Gasteiger partial charge in [0, 0.05) is 19.0 Å². The van der Waals surface area contributed by atoms with Crippen molar-refractivity contribution < 1.29 is 9.59 Å². The lowest BCUT2D eigenvalue weighted by Crippen LogP contribution is -2.47. The van der Waals surface area contributed by atoms with Crippen molar-refractivity contribution in [3.63, 3.8) is 0 Å². The first-order valence-corrected chi connectivity index (χ1v) is 6.51. The molecule has 6 heteroatoms. The number of aromatic nitrogens is 2. The maximum Gasteiger partial charge on any atom is 0.253 e. The predicted octanol–water partition coefficient (Wildman–Crippen LogP) is 0.356. The van der Waals surface area contributed by atoms with Crippen LogP contribution in [0.2, 0.25) is 0 Å². The van der Waals surface area contributed by atoms with Gasteiger partial charge in [0.2, 0.25) is 5.91 Å². The molecule has 0 spiro atoms. The number of carbonyl (C=O) groups is 2. The molecule has 1 aliphatic rings. The molecule has 2 heterocycles. The maximum absolute atomic E-state index is 12.2. The second-order valence-electron chi connectivity index (χ2n) is 4.71. The molecule has 0 aromatic carbocycles. The highest BCUT2D eigenvalue weighted by molar-refractivity contribution is 5.95. The van der Waals surface area contributed by atoms with E-state index in [4.69, 9.17) is 0 Å². The van der Waals surface area contributed by atoms with E-state index in [1.807, 2.05) is 13.8 Å². The third kappa shape index (κ3) is 3.27. The Morgan fingerprint density at radius 1 is 1.53 bits per heavy atom. The molecule has 1 atom stereocenters. The van der Waals surface area contributed by atoms with Crippen LogP contribution in [0.15, 0.2) is 6.07 Å². The Labute approximate surface area is 112 Å². The van der Waals surface area contributed by atoms with Gasteiger partial charge in [-0.2, -0.15) is 10.2 Å². The number of hydrogen-bond acceptors (Lipinski definition) is 4. The number of aryl methyl sites for hydroxylation is 2. The first-order valence-electron chi connectivity index (χ1n) is 6.51. The van der Waals surface area contributed by atoms with E-state index in [0.717, 1.165) is 5.69 Å². The number of piperidine rings is 1. The largest absolute Gasteiger partial charge is 0.354 e. The number of rotatable bonds is 3. The van der Waals surface area contributed by atoms with Crippen LogP contribution in [-0.4, -0.2) is 34.6 Å². The van der Waals surface area contributed by atoms with Gasteiger partial charge in [-0.15, -0.1) is 0 Å². The van der Waals surface area contributed by atoms with Crippen molar-refractivity contribution in [3.05, 3.63) is 23.0 Å². The molecule has 102 valence electrons. The van der Waals surface area contributed by atoms with Crippen molar-refractivity contribution >= 4 is 11.8 Å².